The van der Waals surface area contributed by atoms with Gasteiger partial charge in [-0.3, -0.25) is 9.69 Å². The van der Waals surface area contributed by atoms with Gasteiger partial charge < -0.3 is 10.3 Å². The molecular weight excluding hydrogens is 467 g/mol. The molecule has 9 heteroatoms. The lowest BCUT2D eigenvalue weighted by molar-refractivity contribution is -0.137. The number of nitrogens with zero attached hydrogens (tertiary/aromatic N) is 3. The molecule has 2 N–H and O–H groups in total. The Morgan fingerprint density at radius 1 is 1.22 bits per heavy atom. The van der Waals surface area contributed by atoms with E-state index in [0.717, 1.165) is 59.8 Å². The highest BCUT2D eigenvalue weighted by Crippen LogP contribution is 2.40. The van der Waals surface area contributed by atoms with Crippen LogP contribution in [0.4, 0.5) is 24.5 Å². The van der Waals surface area contributed by atoms with Crippen molar-refractivity contribution in [1.29, 1.82) is 5.26 Å². The summed E-state index contributed by atoms with van der Waals surface area (Å²) in [5.74, 6) is 0.569. The number of imidazole rings is 1. The first kappa shape index (κ1) is 25.0. The molecule has 6 nitrogen and oxygen atoms in total. The number of alkyl halides is 3. The smallest absolute Gasteiger partial charge is 0.371 e. The second kappa shape index (κ2) is 10.3. The quantitative estimate of drug-likeness (QED) is 0.384. The van der Waals surface area contributed by atoms with E-state index in [-0.39, 0.29) is 11.6 Å². The molecule has 0 unspecified atom stereocenters. The van der Waals surface area contributed by atoms with Gasteiger partial charge in [0.05, 0.1) is 17.2 Å². The van der Waals surface area contributed by atoms with Gasteiger partial charge in [0.1, 0.15) is 11.4 Å². The van der Waals surface area contributed by atoms with Crippen LogP contribution in [0.1, 0.15) is 48.2 Å². The zero-order chi connectivity index (χ0) is 25.8. The number of hydrogen-bond donors (Lipinski definition) is 2. The predicted molar refractivity (Wildman–Crippen MR) is 131 cm³/mol. The van der Waals surface area contributed by atoms with E-state index in [9.17, 15) is 18.0 Å². The summed E-state index contributed by atoms with van der Waals surface area (Å²) < 4.78 is 40.4. The fraction of sp³-hybridized carbons (Fsp3) is 0.296. The van der Waals surface area contributed by atoms with E-state index in [0.29, 0.717) is 12.8 Å². The molecule has 1 heterocycles. The minimum atomic E-state index is -4.72. The Balaban J connectivity index is 1.48. The Labute approximate surface area is 207 Å². The fourth-order valence-corrected chi connectivity index (χ4v) is 4.40. The fourth-order valence-electron chi connectivity index (χ4n) is 4.40. The molecule has 0 radical (unpaired) electrons. The topological polar surface area (TPSA) is 84.8 Å². The zero-order valence-electron chi connectivity index (χ0n) is 19.6. The molecule has 4 rings (SSSR count). The molecule has 0 saturated heterocycles. The van der Waals surface area contributed by atoms with Crippen molar-refractivity contribution in [3.63, 3.8) is 0 Å². The van der Waals surface area contributed by atoms with Crippen molar-refractivity contribution in [3.05, 3.63) is 90.2 Å². The molecular formula is C27H26F3N5O. The van der Waals surface area contributed by atoms with Gasteiger partial charge in [-0.15, -0.1) is 0 Å². The van der Waals surface area contributed by atoms with Crippen LogP contribution in [0.5, 0.6) is 0 Å². The van der Waals surface area contributed by atoms with Gasteiger partial charge in [-0.2, -0.15) is 18.4 Å². The molecule has 1 aliphatic carbocycles. The van der Waals surface area contributed by atoms with Crippen molar-refractivity contribution < 1.29 is 18.0 Å². The highest BCUT2D eigenvalue weighted by atomic mass is 19.4. The van der Waals surface area contributed by atoms with Crippen molar-refractivity contribution in [2.24, 2.45) is 0 Å². The first-order valence-corrected chi connectivity index (χ1v) is 11.7. The number of anilines is 2. The minimum absolute atomic E-state index is 0.0151. The molecule has 1 fully saturated rings. The standard InChI is InChI=1S/C27H26F3N5O/c1-2-35(22-12-9-20(18-31)23(17-22)27(28,29)30)25(36)26(13-4-14-26)34-21-10-7-19(8-11-21)5-3-6-24-32-15-16-33-24/h2,7-12,15-17,34H,1,3-6,13-14H2,(H,32,33). The summed E-state index contributed by atoms with van der Waals surface area (Å²) >= 11 is 0. The van der Waals surface area contributed by atoms with Crippen LogP contribution < -0.4 is 10.2 Å². The second-order valence-corrected chi connectivity index (χ2v) is 8.84. The number of hydrogen-bond acceptors (Lipinski definition) is 4. The lowest BCUT2D eigenvalue weighted by Gasteiger charge is -2.44. The molecule has 1 aliphatic rings. The van der Waals surface area contributed by atoms with E-state index >= 15 is 0 Å². The lowest BCUT2D eigenvalue weighted by Crippen LogP contribution is -2.57. The van der Waals surface area contributed by atoms with Gasteiger partial charge in [0.25, 0.3) is 5.91 Å². The average molecular weight is 494 g/mol. The molecule has 186 valence electrons. The number of carbonyl (C=O) groups excluding carboxylic acids is 1. The van der Waals surface area contributed by atoms with Gasteiger partial charge in [-0.05, 0) is 68.0 Å². The van der Waals surface area contributed by atoms with Crippen molar-refractivity contribution in [3.8, 4) is 6.07 Å². The number of aromatic amines is 1. The number of halogens is 3. The van der Waals surface area contributed by atoms with Gasteiger partial charge in [-0.25, -0.2) is 4.98 Å². The molecule has 1 aromatic heterocycles. The largest absolute Gasteiger partial charge is 0.417 e. The van der Waals surface area contributed by atoms with Crippen LogP contribution in [0.2, 0.25) is 0 Å². The van der Waals surface area contributed by atoms with E-state index < -0.39 is 22.8 Å². The number of H-pyrrole nitrogens is 1. The Morgan fingerprint density at radius 3 is 2.53 bits per heavy atom. The van der Waals surface area contributed by atoms with Crippen LogP contribution in [0.15, 0.2) is 67.6 Å². The van der Waals surface area contributed by atoms with Crippen molar-refractivity contribution >= 4 is 17.3 Å². The molecule has 1 saturated carbocycles. The third kappa shape index (κ3) is 5.28. The molecule has 0 spiro atoms. The van der Waals surface area contributed by atoms with Gasteiger partial charge in [-0.1, -0.05) is 18.7 Å². The van der Waals surface area contributed by atoms with E-state index in [4.69, 9.17) is 5.26 Å². The Bertz CT molecular complexity index is 1260. The maximum atomic E-state index is 13.6. The molecule has 1 amide bonds. The summed E-state index contributed by atoms with van der Waals surface area (Å²) in [6.07, 6.45) is 4.62. The minimum Gasteiger partial charge on any atom is -0.371 e. The van der Waals surface area contributed by atoms with E-state index in [1.165, 1.54) is 12.3 Å². The van der Waals surface area contributed by atoms with Crippen molar-refractivity contribution in [2.45, 2.75) is 50.2 Å². The predicted octanol–water partition coefficient (Wildman–Crippen LogP) is 5.99. The Hall–Kier alpha value is -4.06. The maximum absolute atomic E-state index is 13.6. The van der Waals surface area contributed by atoms with Gasteiger partial charge in [0, 0.05) is 36.4 Å². The van der Waals surface area contributed by atoms with E-state index in [1.807, 2.05) is 24.3 Å². The number of aromatic nitrogens is 2. The second-order valence-electron chi connectivity index (χ2n) is 8.84. The summed E-state index contributed by atoms with van der Waals surface area (Å²) in [4.78, 5) is 22.0. The van der Waals surface area contributed by atoms with Gasteiger partial charge in [0.2, 0.25) is 0 Å². The number of rotatable bonds is 9. The molecule has 0 bridgehead atoms. The molecule has 0 aliphatic heterocycles. The summed E-state index contributed by atoms with van der Waals surface area (Å²) in [7, 11) is 0. The highest BCUT2D eigenvalue weighted by molar-refractivity contribution is 6.04. The third-order valence-electron chi connectivity index (χ3n) is 6.50. The maximum Gasteiger partial charge on any atom is 0.417 e. The van der Waals surface area contributed by atoms with Crippen molar-refractivity contribution in [1.82, 2.24) is 9.97 Å². The summed E-state index contributed by atoms with van der Waals surface area (Å²) in [5, 5.41) is 12.4. The van der Waals surface area contributed by atoms with Crippen LogP contribution in [0.25, 0.3) is 0 Å². The number of nitrogens with one attached hydrogen (secondary N) is 2. The third-order valence-corrected chi connectivity index (χ3v) is 6.50. The summed E-state index contributed by atoms with van der Waals surface area (Å²) in [5.41, 5.74) is -0.588. The zero-order valence-corrected chi connectivity index (χ0v) is 19.6. The molecule has 0 atom stereocenters. The lowest BCUT2D eigenvalue weighted by atomic mass is 9.75. The molecule has 3 aromatic rings. The number of aryl methyl sites for hydroxylation is 2. The van der Waals surface area contributed by atoms with Crippen LogP contribution in [-0.4, -0.2) is 21.4 Å². The molecule has 36 heavy (non-hydrogen) atoms. The van der Waals surface area contributed by atoms with Crippen LogP contribution in [0.3, 0.4) is 0 Å². The van der Waals surface area contributed by atoms with Crippen LogP contribution in [-0.2, 0) is 23.8 Å². The summed E-state index contributed by atoms with van der Waals surface area (Å²) in [6, 6.07) is 12.6. The van der Waals surface area contributed by atoms with E-state index in [2.05, 4.69) is 21.9 Å². The number of carbonyl (C=O) groups is 1. The highest BCUT2D eigenvalue weighted by Gasteiger charge is 2.46. The van der Waals surface area contributed by atoms with Gasteiger partial charge >= 0.3 is 6.18 Å². The van der Waals surface area contributed by atoms with Crippen LogP contribution in [0, 0.1) is 11.3 Å². The SMILES string of the molecule is C=CN(C(=O)C1(Nc2ccc(CCCc3ncc[nH]3)cc2)CCC1)c1ccc(C#N)c(C(F)(F)F)c1. The Kier molecular flexibility index (Phi) is 7.15. The first-order valence-electron chi connectivity index (χ1n) is 11.7. The normalized spacial score (nSPS) is 14.4. The van der Waals surface area contributed by atoms with Gasteiger partial charge in [0.15, 0.2) is 0 Å². The van der Waals surface area contributed by atoms with Crippen molar-refractivity contribution in [2.75, 3.05) is 10.2 Å². The number of amides is 1. The monoisotopic (exact) mass is 493 g/mol. The summed E-state index contributed by atoms with van der Waals surface area (Å²) in [6.45, 7) is 3.65. The first-order chi connectivity index (χ1) is 17.3. The van der Waals surface area contributed by atoms with E-state index in [1.54, 1.807) is 18.5 Å². The Morgan fingerprint density at radius 2 is 1.97 bits per heavy atom. The number of benzene rings is 2. The van der Waals surface area contributed by atoms with Crippen LogP contribution >= 0.6 is 0 Å². The average Bonchev–Trinajstić information content (AvgIpc) is 3.35. The molecule has 2 aromatic carbocycles. The number of nitriles is 1.